The van der Waals surface area contributed by atoms with E-state index in [0.29, 0.717) is 24.9 Å². The predicted molar refractivity (Wildman–Crippen MR) is 187 cm³/mol. The molecule has 0 saturated heterocycles. The minimum absolute atomic E-state index is 0.0355. The molecule has 0 saturated carbocycles. The number of carbonyl (C=O) groups is 5. The third kappa shape index (κ3) is 15.0. The van der Waals surface area contributed by atoms with Crippen molar-refractivity contribution in [2.45, 2.75) is 96.5 Å². The van der Waals surface area contributed by atoms with Gasteiger partial charge in [0.05, 0.1) is 19.2 Å². The second-order valence-corrected chi connectivity index (χ2v) is 13.2. The van der Waals surface area contributed by atoms with E-state index < -0.39 is 80.2 Å². The van der Waals surface area contributed by atoms with Crippen molar-refractivity contribution in [1.29, 1.82) is 0 Å². The normalized spacial score (nSPS) is 14.2. The fourth-order valence-electron chi connectivity index (χ4n) is 5.18. The molecule has 0 aliphatic heterocycles. The van der Waals surface area contributed by atoms with Gasteiger partial charge in [-0.3, -0.25) is 24.1 Å². The van der Waals surface area contributed by atoms with Crippen LogP contribution in [0.15, 0.2) is 30.3 Å². The molecular formula is C33H57BN6O10. The first-order valence-corrected chi connectivity index (χ1v) is 17.0. The molecule has 5 atom stereocenters. The number of benzene rings is 1. The van der Waals surface area contributed by atoms with Crippen LogP contribution in [0.5, 0.6) is 0 Å². The van der Waals surface area contributed by atoms with Gasteiger partial charge in [-0.2, -0.15) is 0 Å². The Labute approximate surface area is 295 Å². The highest BCUT2D eigenvalue weighted by Gasteiger charge is 2.37. The molecule has 16 nitrogen and oxygen atoms in total. The van der Waals surface area contributed by atoms with Crippen LogP contribution in [-0.2, 0) is 30.5 Å². The predicted octanol–water partition coefficient (Wildman–Crippen LogP) is -0.877. The summed E-state index contributed by atoms with van der Waals surface area (Å²) in [5.41, 5.74) is 6.36. The standard InChI is InChI=1S/C33H57BN6O10/c1-21(2)16-24(29(43)38-28(34(48)49)17-22(3)4)36-30(44)26(14-10-11-15-35)39(5)32(46)25(18-41)37-31(45)27(19-42)40(6)33(47)50-20-23-12-8-7-9-13-23/h7-9,12-13,21-22,24-28,41-42,48-49H,10-11,14-20,35H2,1-6H3,(H,36,44)(H,37,45)(H,38,43)/t24-,25-,26-,27-,28-/m0/s1. The molecule has 1 aromatic rings. The van der Waals surface area contributed by atoms with Crippen LogP contribution < -0.4 is 21.7 Å². The number of nitrogens with one attached hydrogen (secondary N) is 3. The van der Waals surface area contributed by atoms with Gasteiger partial charge in [0.15, 0.2) is 0 Å². The van der Waals surface area contributed by atoms with Gasteiger partial charge in [0.1, 0.15) is 30.8 Å². The average molecular weight is 709 g/mol. The van der Waals surface area contributed by atoms with Gasteiger partial charge in [-0.1, -0.05) is 58.0 Å². The van der Waals surface area contributed by atoms with Crippen molar-refractivity contribution in [2.75, 3.05) is 33.9 Å². The minimum atomic E-state index is -1.82. The van der Waals surface area contributed by atoms with E-state index in [4.69, 9.17) is 10.5 Å². The summed E-state index contributed by atoms with van der Waals surface area (Å²) in [6, 6.07) is 3.56. The van der Waals surface area contributed by atoms with Crippen molar-refractivity contribution < 1.29 is 49.0 Å². The number of hydrogen-bond donors (Lipinski definition) is 8. The Hall–Kier alpha value is -3.77. The molecule has 0 fully saturated rings. The van der Waals surface area contributed by atoms with Crippen molar-refractivity contribution in [1.82, 2.24) is 25.8 Å². The summed E-state index contributed by atoms with van der Waals surface area (Å²) in [4.78, 5) is 68.4. The van der Waals surface area contributed by atoms with Crippen molar-refractivity contribution in [2.24, 2.45) is 17.6 Å². The Morgan fingerprint density at radius 1 is 0.780 bits per heavy atom. The second-order valence-electron chi connectivity index (χ2n) is 13.2. The molecule has 9 N–H and O–H groups in total. The first-order chi connectivity index (χ1) is 23.6. The number of nitrogens with zero attached hydrogens (tertiary/aromatic N) is 2. The van der Waals surface area contributed by atoms with Gasteiger partial charge in [-0.15, -0.1) is 0 Å². The van der Waals surface area contributed by atoms with Crippen LogP contribution in [0.3, 0.4) is 0 Å². The molecule has 0 heterocycles. The maximum absolute atomic E-state index is 13.7. The number of nitrogens with two attached hydrogens (primary N) is 1. The summed E-state index contributed by atoms with van der Waals surface area (Å²) in [6.07, 6.45) is 0.666. The number of rotatable bonds is 22. The number of carbonyl (C=O) groups excluding carboxylic acids is 5. The molecule has 17 heteroatoms. The van der Waals surface area contributed by atoms with Crippen LogP contribution in [0.2, 0.25) is 0 Å². The molecule has 50 heavy (non-hydrogen) atoms. The summed E-state index contributed by atoms with van der Waals surface area (Å²) in [6.45, 7) is 5.97. The summed E-state index contributed by atoms with van der Waals surface area (Å²) in [7, 11) is 0.739. The molecule has 0 bridgehead atoms. The van der Waals surface area contributed by atoms with E-state index in [1.54, 1.807) is 30.3 Å². The number of amides is 5. The number of likely N-dealkylation sites (N-methyl/N-ethyl adjacent to an activating group) is 2. The third-order valence-electron chi connectivity index (χ3n) is 8.04. The molecule has 0 aliphatic rings. The average Bonchev–Trinajstić information content (AvgIpc) is 3.06. The Bertz CT molecular complexity index is 1210. The summed E-state index contributed by atoms with van der Waals surface area (Å²) < 4.78 is 5.23. The lowest BCUT2D eigenvalue weighted by atomic mass is 9.75. The van der Waals surface area contributed by atoms with Crippen LogP contribution in [0.25, 0.3) is 0 Å². The zero-order valence-corrected chi connectivity index (χ0v) is 30.1. The fourth-order valence-corrected chi connectivity index (χ4v) is 5.18. The molecule has 0 unspecified atom stereocenters. The maximum atomic E-state index is 13.7. The van der Waals surface area contributed by atoms with Gasteiger partial charge < -0.3 is 51.6 Å². The molecule has 282 valence electrons. The zero-order chi connectivity index (χ0) is 38.0. The first-order valence-electron chi connectivity index (χ1n) is 17.0. The van der Waals surface area contributed by atoms with Crippen LogP contribution in [-0.4, -0.2) is 131 Å². The van der Waals surface area contributed by atoms with Crippen molar-refractivity contribution in [3.63, 3.8) is 0 Å². The van der Waals surface area contributed by atoms with Gasteiger partial charge in [0.25, 0.3) is 0 Å². The maximum Gasteiger partial charge on any atom is 0.475 e. The lowest BCUT2D eigenvalue weighted by Crippen LogP contribution is -2.60. The number of ether oxygens (including phenoxy) is 1. The Morgan fingerprint density at radius 3 is 1.88 bits per heavy atom. The minimum Gasteiger partial charge on any atom is -0.445 e. The molecule has 1 aromatic carbocycles. The van der Waals surface area contributed by atoms with E-state index >= 15 is 0 Å². The highest BCUT2D eigenvalue weighted by molar-refractivity contribution is 6.43. The quantitative estimate of drug-likeness (QED) is 0.0543. The number of unbranched alkanes of at least 4 members (excludes halogenated alkanes) is 1. The molecular weight excluding hydrogens is 651 g/mol. The van der Waals surface area contributed by atoms with Crippen LogP contribution in [0, 0.1) is 11.8 Å². The van der Waals surface area contributed by atoms with Gasteiger partial charge in [0.2, 0.25) is 23.6 Å². The van der Waals surface area contributed by atoms with Crippen molar-refractivity contribution >= 4 is 36.8 Å². The van der Waals surface area contributed by atoms with Crippen molar-refractivity contribution in [3.8, 4) is 0 Å². The fraction of sp³-hybridized carbons (Fsp3) is 0.667. The van der Waals surface area contributed by atoms with Crippen LogP contribution in [0.1, 0.15) is 65.4 Å². The lowest BCUT2D eigenvalue weighted by molar-refractivity contribution is -0.144. The van der Waals surface area contributed by atoms with E-state index in [1.807, 2.05) is 27.7 Å². The lowest BCUT2D eigenvalue weighted by Gasteiger charge is -2.33. The van der Waals surface area contributed by atoms with Gasteiger partial charge in [0, 0.05) is 14.1 Å². The first kappa shape index (κ1) is 44.3. The van der Waals surface area contributed by atoms with Gasteiger partial charge >= 0.3 is 13.2 Å². The molecule has 0 aromatic heterocycles. The largest absolute Gasteiger partial charge is 0.475 e. The monoisotopic (exact) mass is 708 g/mol. The van der Waals surface area contributed by atoms with Gasteiger partial charge in [-0.05, 0) is 56.0 Å². The van der Waals surface area contributed by atoms with Gasteiger partial charge in [-0.25, -0.2) is 4.79 Å². The Kier molecular flexibility index (Phi) is 20.2. The number of aliphatic hydroxyl groups excluding tert-OH is 2. The summed E-state index contributed by atoms with van der Waals surface area (Å²) in [5, 5.41) is 47.4. The number of aliphatic hydroxyl groups is 2. The van der Waals surface area contributed by atoms with Crippen LogP contribution in [0.4, 0.5) is 4.79 Å². The van der Waals surface area contributed by atoms with E-state index in [9.17, 15) is 44.2 Å². The second kappa shape index (κ2) is 22.9. The summed E-state index contributed by atoms with van der Waals surface area (Å²) in [5.74, 6) is -4.08. The smallest absolute Gasteiger partial charge is 0.445 e. The molecule has 0 spiro atoms. The molecule has 1 rings (SSSR count). The highest BCUT2D eigenvalue weighted by Crippen LogP contribution is 2.14. The van der Waals surface area contributed by atoms with E-state index in [0.717, 1.165) is 9.80 Å². The molecule has 0 radical (unpaired) electrons. The van der Waals surface area contributed by atoms with Crippen LogP contribution >= 0.6 is 0 Å². The molecule has 5 amide bonds. The van der Waals surface area contributed by atoms with E-state index in [2.05, 4.69) is 16.0 Å². The SMILES string of the molecule is CC(C)C[C@H](NC(=O)[C@H](CC(C)C)NC(=O)[C@H](CCCCN)N(C)C(=O)[C@H](CO)NC(=O)[C@H](CO)N(C)C(=O)OCc1ccccc1)B(O)O. The summed E-state index contributed by atoms with van der Waals surface area (Å²) >= 11 is 0. The zero-order valence-electron chi connectivity index (χ0n) is 30.1. The van der Waals surface area contributed by atoms with E-state index in [1.165, 1.54) is 14.1 Å². The topological polar surface area (TPSA) is 244 Å². The van der Waals surface area contributed by atoms with E-state index in [-0.39, 0.29) is 37.7 Å². The highest BCUT2D eigenvalue weighted by atomic mass is 16.6. The molecule has 0 aliphatic carbocycles. The van der Waals surface area contributed by atoms with Crippen molar-refractivity contribution in [3.05, 3.63) is 35.9 Å². The number of hydrogen-bond acceptors (Lipinski definition) is 11. The Balaban J connectivity index is 3.13. The Morgan fingerprint density at radius 2 is 1.36 bits per heavy atom. The third-order valence-corrected chi connectivity index (χ3v) is 8.04.